The summed E-state index contributed by atoms with van der Waals surface area (Å²) < 4.78 is 6.42. The molecular weight excluding hydrogens is 390 g/mol. The van der Waals surface area contributed by atoms with Gasteiger partial charge in [0.1, 0.15) is 4.88 Å². The van der Waals surface area contributed by atoms with Gasteiger partial charge in [0.05, 0.1) is 10.4 Å². The minimum absolute atomic E-state index is 0.171. The molecule has 0 unspecified atom stereocenters. The van der Waals surface area contributed by atoms with E-state index >= 15 is 0 Å². The first-order chi connectivity index (χ1) is 10.5. The number of halogens is 2. The first kappa shape index (κ1) is 17.0. The van der Waals surface area contributed by atoms with Crippen LogP contribution < -0.4 is 5.32 Å². The third-order valence-corrected chi connectivity index (χ3v) is 4.60. The van der Waals surface area contributed by atoms with Gasteiger partial charge in [0, 0.05) is 4.47 Å². The summed E-state index contributed by atoms with van der Waals surface area (Å²) in [5.41, 5.74) is 0.966. The van der Waals surface area contributed by atoms with E-state index in [-0.39, 0.29) is 18.6 Å². The Morgan fingerprint density at radius 1 is 1.27 bits per heavy atom. The summed E-state index contributed by atoms with van der Waals surface area (Å²) in [6.07, 6.45) is 0. The van der Waals surface area contributed by atoms with E-state index in [1.165, 1.54) is 0 Å². The fraction of sp³-hybridized carbons (Fsp3) is 0.200. The van der Waals surface area contributed by atoms with Crippen molar-refractivity contribution in [1.82, 2.24) is 5.32 Å². The highest BCUT2D eigenvalue weighted by molar-refractivity contribution is 9.10. The van der Waals surface area contributed by atoms with Crippen molar-refractivity contribution in [3.63, 3.8) is 0 Å². The van der Waals surface area contributed by atoms with Crippen LogP contribution in [0.1, 0.15) is 28.2 Å². The molecule has 0 radical (unpaired) electrons. The molecule has 2 aromatic rings. The largest absolute Gasteiger partial charge is 0.451 e. The van der Waals surface area contributed by atoms with Gasteiger partial charge in [0.25, 0.3) is 5.91 Å². The first-order valence-electron chi connectivity index (χ1n) is 6.43. The Labute approximate surface area is 145 Å². The minimum atomic E-state index is -0.552. The second-order valence-corrected chi connectivity index (χ2v) is 7.15. The lowest BCUT2D eigenvalue weighted by Crippen LogP contribution is -2.31. The van der Waals surface area contributed by atoms with Crippen molar-refractivity contribution in [1.29, 1.82) is 0 Å². The summed E-state index contributed by atoms with van der Waals surface area (Å²) in [6.45, 7) is 1.54. The second kappa shape index (κ2) is 7.76. The number of carbonyl (C=O) groups excluding carboxylic acids is 2. The van der Waals surface area contributed by atoms with Gasteiger partial charge >= 0.3 is 5.97 Å². The molecule has 22 heavy (non-hydrogen) atoms. The van der Waals surface area contributed by atoms with E-state index < -0.39 is 5.97 Å². The Kier molecular flexibility index (Phi) is 5.99. The van der Waals surface area contributed by atoms with E-state index in [1.807, 2.05) is 31.2 Å². The van der Waals surface area contributed by atoms with Gasteiger partial charge in [0.15, 0.2) is 6.61 Å². The topological polar surface area (TPSA) is 55.4 Å². The molecule has 116 valence electrons. The molecule has 4 nitrogen and oxygen atoms in total. The Balaban J connectivity index is 1.82. The summed E-state index contributed by atoms with van der Waals surface area (Å²) in [7, 11) is 0. The summed E-state index contributed by atoms with van der Waals surface area (Å²) >= 11 is 10.2. The number of nitrogens with one attached hydrogen (secondary N) is 1. The van der Waals surface area contributed by atoms with E-state index in [9.17, 15) is 9.59 Å². The molecule has 1 N–H and O–H groups in total. The smallest absolute Gasteiger partial charge is 0.348 e. The van der Waals surface area contributed by atoms with E-state index in [0.717, 1.165) is 21.4 Å². The minimum Gasteiger partial charge on any atom is -0.451 e. The highest BCUT2D eigenvalue weighted by Gasteiger charge is 2.14. The molecule has 0 aliphatic heterocycles. The molecule has 2 rings (SSSR count). The molecule has 0 saturated heterocycles. The molecule has 0 spiro atoms. The van der Waals surface area contributed by atoms with Crippen LogP contribution in [0.15, 0.2) is 40.9 Å². The molecule has 1 aromatic heterocycles. The SMILES string of the molecule is C[C@H](NC(=O)COC(=O)c1ccc(Cl)s1)c1ccc(Br)cc1. The van der Waals surface area contributed by atoms with Crippen LogP contribution >= 0.6 is 38.9 Å². The molecule has 1 amide bonds. The van der Waals surface area contributed by atoms with Crippen LogP contribution in [-0.4, -0.2) is 18.5 Å². The van der Waals surface area contributed by atoms with Crippen molar-refractivity contribution in [3.05, 3.63) is 55.6 Å². The van der Waals surface area contributed by atoms with Crippen LogP contribution in [-0.2, 0) is 9.53 Å². The molecule has 0 aliphatic rings. The van der Waals surface area contributed by atoms with E-state index in [2.05, 4.69) is 21.2 Å². The Bertz CT molecular complexity index is 672. The van der Waals surface area contributed by atoms with Crippen molar-refractivity contribution in [2.75, 3.05) is 6.61 Å². The third-order valence-electron chi connectivity index (χ3n) is 2.86. The van der Waals surface area contributed by atoms with Crippen LogP contribution in [0.2, 0.25) is 4.34 Å². The zero-order valence-corrected chi connectivity index (χ0v) is 14.8. The number of hydrogen-bond acceptors (Lipinski definition) is 4. The fourth-order valence-electron chi connectivity index (χ4n) is 1.74. The van der Waals surface area contributed by atoms with Gasteiger partial charge in [-0.05, 0) is 36.8 Å². The van der Waals surface area contributed by atoms with Crippen molar-refractivity contribution in [2.24, 2.45) is 0 Å². The number of ether oxygens (including phenoxy) is 1. The van der Waals surface area contributed by atoms with Gasteiger partial charge in [-0.3, -0.25) is 4.79 Å². The number of rotatable bonds is 5. The number of hydrogen-bond donors (Lipinski definition) is 1. The first-order valence-corrected chi connectivity index (χ1v) is 8.42. The zero-order valence-electron chi connectivity index (χ0n) is 11.6. The van der Waals surface area contributed by atoms with E-state index in [4.69, 9.17) is 16.3 Å². The average Bonchev–Trinajstić information content (AvgIpc) is 2.92. The summed E-state index contributed by atoms with van der Waals surface area (Å²) in [4.78, 5) is 23.9. The standard InChI is InChI=1S/C15H13BrClNO3S/c1-9(10-2-4-11(16)5-3-10)18-14(19)8-21-15(20)12-6-7-13(17)22-12/h2-7,9H,8H2,1H3,(H,18,19)/t9-/m0/s1. The molecule has 0 saturated carbocycles. The van der Waals surface area contributed by atoms with Crippen molar-refractivity contribution >= 4 is 50.7 Å². The highest BCUT2D eigenvalue weighted by atomic mass is 79.9. The maximum atomic E-state index is 11.8. The summed E-state index contributed by atoms with van der Waals surface area (Å²) in [5, 5.41) is 2.77. The van der Waals surface area contributed by atoms with Crippen LogP contribution in [0, 0.1) is 0 Å². The molecule has 0 bridgehead atoms. The molecule has 1 aromatic carbocycles. The average molecular weight is 403 g/mol. The van der Waals surface area contributed by atoms with Gasteiger partial charge in [-0.1, -0.05) is 39.7 Å². The third kappa shape index (κ3) is 4.83. The summed E-state index contributed by atoms with van der Waals surface area (Å²) in [6, 6.07) is 10.6. The molecule has 0 aliphatic carbocycles. The number of amides is 1. The normalized spacial score (nSPS) is 11.8. The van der Waals surface area contributed by atoms with E-state index in [1.54, 1.807) is 12.1 Å². The number of benzene rings is 1. The number of thiophene rings is 1. The monoisotopic (exact) mass is 401 g/mol. The zero-order chi connectivity index (χ0) is 16.1. The lowest BCUT2D eigenvalue weighted by Gasteiger charge is -2.14. The highest BCUT2D eigenvalue weighted by Crippen LogP contribution is 2.22. The van der Waals surface area contributed by atoms with Gasteiger partial charge in [-0.15, -0.1) is 11.3 Å². The lowest BCUT2D eigenvalue weighted by molar-refractivity contribution is -0.124. The van der Waals surface area contributed by atoms with Crippen LogP contribution in [0.4, 0.5) is 0 Å². The van der Waals surface area contributed by atoms with Gasteiger partial charge in [-0.25, -0.2) is 4.79 Å². The molecule has 1 atom stereocenters. The quantitative estimate of drug-likeness (QED) is 0.763. The molecule has 7 heteroatoms. The van der Waals surface area contributed by atoms with Gasteiger partial charge < -0.3 is 10.1 Å². The number of carbonyl (C=O) groups is 2. The Morgan fingerprint density at radius 2 is 1.95 bits per heavy atom. The summed E-state index contributed by atoms with van der Waals surface area (Å²) in [5.74, 6) is -0.908. The van der Waals surface area contributed by atoms with E-state index in [0.29, 0.717) is 9.21 Å². The van der Waals surface area contributed by atoms with Crippen LogP contribution in [0.25, 0.3) is 0 Å². The van der Waals surface area contributed by atoms with Crippen LogP contribution in [0.3, 0.4) is 0 Å². The molecule has 0 fully saturated rings. The van der Waals surface area contributed by atoms with Crippen LogP contribution in [0.5, 0.6) is 0 Å². The van der Waals surface area contributed by atoms with Gasteiger partial charge in [-0.2, -0.15) is 0 Å². The lowest BCUT2D eigenvalue weighted by atomic mass is 10.1. The fourth-order valence-corrected chi connectivity index (χ4v) is 2.95. The van der Waals surface area contributed by atoms with Crippen molar-refractivity contribution in [2.45, 2.75) is 13.0 Å². The Hall–Kier alpha value is -1.37. The predicted octanol–water partition coefficient (Wildman–Crippen LogP) is 4.20. The van der Waals surface area contributed by atoms with Crippen molar-refractivity contribution in [3.8, 4) is 0 Å². The molecule has 1 heterocycles. The molecular formula is C15H13BrClNO3S. The maximum Gasteiger partial charge on any atom is 0.348 e. The number of esters is 1. The maximum absolute atomic E-state index is 11.8. The Morgan fingerprint density at radius 3 is 2.55 bits per heavy atom. The van der Waals surface area contributed by atoms with Gasteiger partial charge in [0.2, 0.25) is 0 Å². The second-order valence-electron chi connectivity index (χ2n) is 4.52. The predicted molar refractivity (Wildman–Crippen MR) is 90.3 cm³/mol. The van der Waals surface area contributed by atoms with Crippen molar-refractivity contribution < 1.29 is 14.3 Å².